The molecule has 7 nitrogen and oxygen atoms in total. The summed E-state index contributed by atoms with van der Waals surface area (Å²) in [5, 5.41) is 2.21. The van der Waals surface area contributed by atoms with Gasteiger partial charge in [0.2, 0.25) is 11.8 Å². The molecule has 2 rings (SSSR count). The predicted octanol–water partition coefficient (Wildman–Crippen LogP) is 0.834. The van der Waals surface area contributed by atoms with Crippen LogP contribution in [-0.4, -0.2) is 35.8 Å². The third kappa shape index (κ3) is 4.81. The molecule has 0 aliphatic carbocycles. The summed E-state index contributed by atoms with van der Waals surface area (Å²) in [6.07, 6.45) is 0. The smallest absolute Gasteiger partial charge is 0.318 e. The van der Waals surface area contributed by atoms with Crippen molar-refractivity contribution in [1.82, 2.24) is 10.2 Å². The third-order valence-electron chi connectivity index (χ3n) is 3.66. The summed E-state index contributed by atoms with van der Waals surface area (Å²) in [7, 11) is 1.54. The van der Waals surface area contributed by atoms with Crippen molar-refractivity contribution in [3.63, 3.8) is 0 Å². The molecule has 4 amide bonds. The van der Waals surface area contributed by atoms with Gasteiger partial charge < -0.3 is 21.7 Å². The molecule has 0 atom stereocenters. The first kappa shape index (κ1) is 18.0. The first-order valence-electron chi connectivity index (χ1n) is 7.63. The van der Waals surface area contributed by atoms with Crippen molar-refractivity contribution < 1.29 is 14.4 Å². The standard InChI is InChI=1S/C18H20N4O3/c1-22(18(25)21-15(16(19)23)17(20)24)11-12-7-9-14(10-8-12)13-5-3-2-4-6-13/h2-10,15H,11H2,1H3,(H2,19,23)(H2,20,24)(H,21,25). The van der Waals surface area contributed by atoms with Crippen LogP contribution in [0.3, 0.4) is 0 Å². The van der Waals surface area contributed by atoms with Crippen molar-refractivity contribution in [3.8, 4) is 11.1 Å². The lowest BCUT2D eigenvalue weighted by Gasteiger charge is -2.20. The number of primary amides is 2. The molecule has 0 radical (unpaired) electrons. The van der Waals surface area contributed by atoms with E-state index < -0.39 is 23.9 Å². The van der Waals surface area contributed by atoms with Crippen LogP contribution in [0.5, 0.6) is 0 Å². The second-order valence-corrected chi connectivity index (χ2v) is 5.61. The number of nitrogens with zero attached hydrogens (tertiary/aromatic N) is 1. The number of hydrogen-bond acceptors (Lipinski definition) is 3. The summed E-state index contributed by atoms with van der Waals surface area (Å²) in [5.41, 5.74) is 13.1. The number of urea groups is 1. The minimum Gasteiger partial charge on any atom is -0.367 e. The van der Waals surface area contributed by atoms with E-state index in [4.69, 9.17) is 11.5 Å². The van der Waals surface area contributed by atoms with E-state index >= 15 is 0 Å². The van der Waals surface area contributed by atoms with E-state index in [-0.39, 0.29) is 0 Å². The predicted molar refractivity (Wildman–Crippen MR) is 94.1 cm³/mol. The van der Waals surface area contributed by atoms with E-state index in [1.54, 1.807) is 7.05 Å². The quantitative estimate of drug-likeness (QED) is 0.676. The fourth-order valence-corrected chi connectivity index (χ4v) is 2.30. The fourth-order valence-electron chi connectivity index (χ4n) is 2.30. The average Bonchev–Trinajstić information content (AvgIpc) is 2.60. The van der Waals surface area contributed by atoms with Gasteiger partial charge in [0.1, 0.15) is 0 Å². The van der Waals surface area contributed by atoms with Gasteiger partial charge in [0.05, 0.1) is 0 Å². The third-order valence-corrected chi connectivity index (χ3v) is 3.66. The highest BCUT2D eigenvalue weighted by Crippen LogP contribution is 2.19. The van der Waals surface area contributed by atoms with E-state index in [9.17, 15) is 14.4 Å². The second-order valence-electron chi connectivity index (χ2n) is 5.61. The maximum atomic E-state index is 12.1. The van der Waals surface area contributed by atoms with Crippen LogP contribution in [0.4, 0.5) is 4.79 Å². The van der Waals surface area contributed by atoms with Gasteiger partial charge in [0.25, 0.3) is 0 Å². The molecule has 0 bridgehead atoms. The molecule has 7 heteroatoms. The van der Waals surface area contributed by atoms with Crippen molar-refractivity contribution in [2.45, 2.75) is 12.6 Å². The van der Waals surface area contributed by atoms with Crippen molar-refractivity contribution in [1.29, 1.82) is 0 Å². The fraction of sp³-hybridized carbons (Fsp3) is 0.167. The van der Waals surface area contributed by atoms with Gasteiger partial charge in [-0.25, -0.2) is 4.79 Å². The topological polar surface area (TPSA) is 119 Å². The molecule has 0 aliphatic rings. The Morgan fingerprint density at radius 3 is 1.96 bits per heavy atom. The first-order valence-corrected chi connectivity index (χ1v) is 7.63. The molecule has 0 unspecified atom stereocenters. The van der Waals surface area contributed by atoms with E-state index in [0.717, 1.165) is 16.7 Å². The zero-order chi connectivity index (χ0) is 18.4. The van der Waals surface area contributed by atoms with Gasteiger partial charge in [-0.3, -0.25) is 9.59 Å². The van der Waals surface area contributed by atoms with Crippen molar-refractivity contribution in [2.75, 3.05) is 7.05 Å². The van der Waals surface area contributed by atoms with Crippen LogP contribution in [-0.2, 0) is 16.1 Å². The van der Waals surface area contributed by atoms with Gasteiger partial charge in [-0.2, -0.15) is 0 Å². The van der Waals surface area contributed by atoms with E-state index in [1.807, 2.05) is 54.6 Å². The second kappa shape index (κ2) is 7.96. The Kier molecular flexibility index (Phi) is 5.73. The number of nitrogens with two attached hydrogens (primary N) is 2. The van der Waals surface area contributed by atoms with Crippen molar-refractivity contribution >= 4 is 17.8 Å². The van der Waals surface area contributed by atoms with Gasteiger partial charge in [-0.15, -0.1) is 0 Å². The summed E-state index contributed by atoms with van der Waals surface area (Å²) in [6, 6.07) is 15.5. The normalized spacial score (nSPS) is 10.3. The molecular formula is C18H20N4O3. The lowest BCUT2D eigenvalue weighted by Crippen LogP contribution is -2.55. The molecule has 0 fully saturated rings. The minimum atomic E-state index is -1.53. The summed E-state index contributed by atoms with van der Waals surface area (Å²) in [4.78, 5) is 35.6. The van der Waals surface area contributed by atoms with Crippen molar-refractivity contribution in [3.05, 3.63) is 60.2 Å². The minimum absolute atomic E-state index is 0.297. The van der Waals surface area contributed by atoms with Gasteiger partial charge >= 0.3 is 6.03 Å². The molecule has 0 saturated heterocycles. The van der Waals surface area contributed by atoms with Gasteiger partial charge in [-0.1, -0.05) is 54.6 Å². The Bertz CT molecular complexity index is 746. The Hall–Kier alpha value is -3.35. The summed E-state index contributed by atoms with van der Waals surface area (Å²) >= 11 is 0. The number of carbonyl (C=O) groups is 3. The zero-order valence-corrected chi connectivity index (χ0v) is 13.8. The Labute approximate surface area is 145 Å². The van der Waals surface area contributed by atoms with Crippen LogP contribution in [0, 0.1) is 0 Å². The SMILES string of the molecule is CN(Cc1ccc(-c2ccccc2)cc1)C(=O)NC(C(N)=O)C(N)=O. The first-order chi connectivity index (χ1) is 11.9. The number of rotatable bonds is 6. The molecule has 2 aromatic carbocycles. The highest BCUT2D eigenvalue weighted by molar-refractivity contribution is 6.05. The monoisotopic (exact) mass is 340 g/mol. The van der Waals surface area contributed by atoms with Crippen LogP contribution in [0.25, 0.3) is 11.1 Å². The Morgan fingerprint density at radius 1 is 0.920 bits per heavy atom. The molecule has 25 heavy (non-hydrogen) atoms. The molecule has 0 spiro atoms. The molecule has 0 heterocycles. The Morgan fingerprint density at radius 2 is 1.44 bits per heavy atom. The molecule has 130 valence electrons. The molecule has 0 aromatic heterocycles. The van der Waals surface area contributed by atoms with Gasteiger partial charge in [0, 0.05) is 13.6 Å². The maximum absolute atomic E-state index is 12.1. The summed E-state index contributed by atoms with van der Waals surface area (Å²) in [6.45, 7) is 0.297. The van der Waals surface area contributed by atoms with Crippen LogP contribution in [0.1, 0.15) is 5.56 Å². The number of benzene rings is 2. The number of nitrogens with one attached hydrogen (secondary N) is 1. The van der Waals surface area contributed by atoms with Gasteiger partial charge in [0.15, 0.2) is 6.04 Å². The van der Waals surface area contributed by atoms with E-state index in [0.29, 0.717) is 6.54 Å². The highest BCUT2D eigenvalue weighted by atomic mass is 16.2. The average molecular weight is 340 g/mol. The molecule has 2 aromatic rings. The Balaban J connectivity index is 2.00. The molecule has 0 aliphatic heterocycles. The zero-order valence-electron chi connectivity index (χ0n) is 13.8. The van der Waals surface area contributed by atoms with Crippen LogP contribution >= 0.6 is 0 Å². The molecule has 0 saturated carbocycles. The van der Waals surface area contributed by atoms with Crippen molar-refractivity contribution in [2.24, 2.45) is 11.5 Å². The summed E-state index contributed by atoms with van der Waals surface area (Å²) < 4.78 is 0. The van der Waals surface area contributed by atoms with E-state index in [2.05, 4.69) is 5.32 Å². The summed E-state index contributed by atoms with van der Waals surface area (Å²) in [5.74, 6) is -2.00. The number of amides is 4. The van der Waals surface area contributed by atoms with Crippen LogP contribution in [0.2, 0.25) is 0 Å². The van der Waals surface area contributed by atoms with Crippen LogP contribution in [0.15, 0.2) is 54.6 Å². The maximum Gasteiger partial charge on any atom is 0.318 e. The molecular weight excluding hydrogens is 320 g/mol. The van der Waals surface area contributed by atoms with Gasteiger partial charge in [-0.05, 0) is 16.7 Å². The number of carbonyl (C=O) groups excluding carboxylic acids is 3. The lowest BCUT2D eigenvalue weighted by atomic mass is 10.0. The number of hydrogen-bond donors (Lipinski definition) is 3. The largest absolute Gasteiger partial charge is 0.367 e. The highest BCUT2D eigenvalue weighted by Gasteiger charge is 2.25. The lowest BCUT2D eigenvalue weighted by molar-refractivity contribution is -0.128. The van der Waals surface area contributed by atoms with E-state index in [1.165, 1.54) is 4.90 Å². The molecule has 5 N–H and O–H groups in total. The van der Waals surface area contributed by atoms with Crippen LogP contribution < -0.4 is 16.8 Å².